The number of hydrogen-bond acceptors (Lipinski definition) is 1. The van der Waals surface area contributed by atoms with Crippen molar-refractivity contribution < 1.29 is 4.79 Å². The zero-order valence-electron chi connectivity index (χ0n) is 13.6. The topological polar surface area (TPSA) is 17.1 Å². The summed E-state index contributed by atoms with van der Waals surface area (Å²) in [4.78, 5) is 12.1. The van der Waals surface area contributed by atoms with Crippen LogP contribution in [0.15, 0.2) is 0 Å². The number of hydrogen-bond donors (Lipinski definition) is 0. The Morgan fingerprint density at radius 1 is 1.16 bits per heavy atom. The van der Waals surface area contributed by atoms with Crippen LogP contribution < -0.4 is 0 Å². The molecule has 0 unspecified atom stereocenters. The molecule has 1 spiro atoms. The fraction of sp³-hybridized carbons (Fsp3) is 0.944. The molecule has 1 heteroatoms. The predicted octanol–water partition coefficient (Wildman–Crippen LogP) is 5.23. The van der Waals surface area contributed by atoms with Crippen LogP contribution in [0.25, 0.3) is 0 Å². The van der Waals surface area contributed by atoms with E-state index in [-0.39, 0.29) is 5.92 Å². The highest BCUT2D eigenvalue weighted by molar-refractivity contribution is 5.82. The zero-order chi connectivity index (χ0) is 14.3. The van der Waals surface area contributed by atoms with Gasteiger partial charge in [-0.1, -0.05) is 34.6 Å². The molecule has 2 aliphatic carbocycles. The molecule has 19 heavy (non-hydrogen) atoms. The Labute approximate surface area is 119 Å². The summed E-state index contributed by atoms with van der Waals surface area (Å²) in [6.45, 7) is 11.2. The van der Waals surface area contributed by atoms with Gasteiger partial charge in [0, 0.05) is 11.8 Å². The van der Waals surface area contributed by atoms with Gasteiger partial charge in [-0.3, -0.25) is 4.79 Å². The number of carbonyl (C=O) groups excluding carboxylic acids is 1. The minimum atomic E-state index is 0.231. The average molecular weight is 264 g/mol. The molecule has 1 nitrogen and oxygen atoms in total. The molecule has 0 aromatic rings. The van der Waals surface area contributed by atoms with Crippen molar-refractivity contribution in [2.24, 2.45) is 28.6 Å². The van der Waals surface area contributed by atoms with Crippen molar-refractivity contribution in [1.29, 1.82) is 0 Å². The first-order valence-electron chi connectivity index (χ1n) is 8.25. The molecule has 0 saturated heterocycles. The summed E-state index contributed by atoms with van der Waals surface area (Å²) in [5, 5.41) is 0. The maximum Gasteiger partial charge on any atom is 0.138 e. The summed E-state index contributed by atoms with van der Waals surface area (Å²) in [6.07, 6.45) is 9.22. The van der Waals surface area contributed by atoms with Crippen LogP contribution in [0.1, 0.15) is 79.6 Å². The lowest BCUT2D eigenvalue weighted by Crippen LogP contribution is -2.42. The van der Waals surface area contributed by atoms with Crippen LogP contribution >= 0.6 is 0 Å². The first-order chi connectivity index (χ1) is 8.71. The van der Waals surface area contributed by atoms with E-state index in [1.807, 2.05) is 0 Å². The standard InChI is InChI=1S/C18H32O/c1-13(2)16(19)15-6-8-18(9-7-15)11-14(12-18)10-17(3,4)5/h13-15H,6-12H2,1-5H3. The second-order valence-corrected chi connectivity index (χ2v) is 8.87. The first-order valence-corrected chi connectivity index (χ1v) is 8.25. The van der Waals surface area contributed by atoms with E-state index in [1.165, 1.54) is 44.9 Å². The lowest BCUT2D eigenvalue weighted by atomic mass is 9.52. The Morgan fingerprint density at radius 2 is 1.68 bits per heavy atom. The van der Waals surface area contributed by atoms with Gasteiger partial charge >= 0.3 is 0 Å². The highest BCUT2D eigenvalue weighted by Gasteiger charge is 2.47. The summed E-state index contributed by atoms with van der Waals surface area (Å²) in [5.74, 6) is 2.08. The van der Waals surface area contributed by atoms with Crippen LogP contribution in [0.5, 0.6) is 0 Å². The minimum Gasteiger partial charge on any atom is -0.299 e. The Bertz CT molecular complexity index is 318. The third-order valence-electron chi connectivity index (χ3n) is 5.36. The minimum absolute atomic E-state index is 0.231. The number of ketones is 1. The Balaban J connectivity index is 1.78. The number of rotatable bonds is 3. The van der Waals surface area contributed by atoms with Gasteiger partial charge in [-0.25, -0.2) is 0 Å². The van der Waals surface area contributed by atoms with E-state index < -0.39 is 0 Å². The molecule has 0 aromatic carbocycles. The van der Waals surface area contributed by atoms with E-state index in [2.05, 4.69) is 34.6 Å². The van der Waals surface area contributed by atoms with E-state index in [9.17, 15) is 4.79 Å². The van der Waals surface area contributed by atoms with Gasteiger partial charge in [-0.05, 0) is 61.7 Å². The summed E-state index contributed by atoms with van der Waals surface area (Å²) in [6, 6.07) is 0. The van der Waals surface area contributed by atoms with Gasteiger partial charge in [0.25, 0.3) is 0 Å². The molecule has 0 atom stereocenters. The molecule has 0 amide bonds. The smallest absolute Gasteiger partial charge is 0.138 e. The third-order valence-corrected chi connectivity index (χ3v) is 5.36. The number of Topliss-reactive ketones (excluding diaryl/α,β-unsaturated/α-hetero) is 1. The molecular weight excluding hydrogens is 232 g/mol. The highest BCUT2D eigenvalue weighted by Crippen LogP contribution is 2.58. The Kier molecular flexibility index (Phi) is 4.14. The molecule has 0 aliphatic heterocycles. The lowest BCUT2D eigenvalue weighted by Gasteiger charge is -2.53. The molecule has 2 fully saturated rings. The van der Waals surface area contributed by atoms with Crippen LogP contribution in [0.2, 0.25) is 0 Å². The Morgan fingerprint density at radius 3 is 2.11 bits per heavy atom. The van der Waals surface area contributed by atoms with E-state index in [0.29, 0.717) is 22.5 Å². The molecule has 110 valence electrons. The summed E-state index contributed by atoms with van der Waals surface area (Å²) in [5.41, 5.74) is 1.13. The fourth-order valence-electron chi connectivity index (χ4n) is 4.57. The molecule has 0 heterocycles. The van der Waals surface area contributed by atoms with Crippen molar-refractivity contribution >= 4 is 5.78 Å². The van der Waals surface area contributed by atoms with Crippen LogP contribution in [0.4, 0.5) is 0 Å². The van der Waals surface area contributed by atoms with Gasteiger partial charge in [0.1, 0.15) is 5.78 Å². The van der Waals surface area contributed by atoms with Crippen LogP contribution in [0, 0.1) is 28.6 Å². The van der Waals surface area contributed by atoms with Crippen molar-refractivity contribution in [3.63, 3.8) is 0 Å². The van der Waals surface area contributed by atoms with Gasteiger partial charge in [-0.15, -0.1) is 0 Å². The van der Waals surface area contributed by atoms with Crippen LogP contribution in [0.3, 0.4) is 0 Å². The monoisotopic (exact) mass is 264 g/mol. The van der Waals surface area contributed by atoms with Gasteiger partial charge in [0.2, 0.25) is 0 Å². The maximum absolute atomic E-state index is 12.1. The van der Waals surface area contributed by atoms with E-state index in [1.54, 1.807) is 0 Å². The largest absolute Gasteiger partial charge is 0.299 e. The predicted molar refractivity (Wildman–Crippen MR) is 81.0 cm³/mol. The third kappa shape index (κ3) is 3.61. The quantitative estimate of drug-likeness (QED) is 0.681. The normalized spacial score (nSPS) is 35.5. The van der Waals surface area contributed by atoms with E-state index in [0.717, 1.165) is 5.92 Å². The first kappa shape index (κ1) is 15.1. The molecule has 2 saturated carbocycles. The summed E-state index contributed by atoms with van der Waals surface area (Å²) < 4.78 is 0. The summed E-state index contributed by atoms with van der Waals surface area (Å²) in [7, 11) is 0. The van der Waals surface area contributed by atoms with E-state index >= 15 is 0 Å². The average Bonchev–Trinajstić information content (AvgIpc) is 2.25. The van der Waals surface area contributed by atoms with E-state index in [4.69, 9.17) is 0 Å². The second-order valence-electron chi connectivity index (χ2n) is 8.87. The maximum atomic E-state index is 12.1. The SMILES string of the molecule is CC(C)C(=O)C1CCC2(CC1)CC(CC(C)(C)C)C2. The van der Waals surface area contributed by atoms with Gasteiger partial charge in [0.05, 0.1) is 0 Å². The molecule has 2 rings (SSSR count). The molecule has 0 N–H and O–H groups in total. The van der Waals surface area contributed by atoms with Crippen molar-refractivity contribution in [3.8, 4) is 0 Å². The fourth-order valence-corrected chi connectivity index (χ4v) is 4.57. The second kappa shape index (κ2) is 5.22. The van der Waals surface area contributed by atoms with Crippen molar-refractivity contribution in [1.82, 2.24) is 0 Å². The molecule has 0 aromatic heterocycles. The van der Waals surface area contributed by atoms with Crippen LogP contribution in [-0.4, -0.2) is 5.78 Å². The van der Waals surface area contributed by atoms with Crippen LogP contribution in [-0.2, 0) is 4.79 Å². The number of carbonyl (C=O) groups is 1. The highest BCUT2D eigenvalue weighted by atomic mass is 16.1. The molecule has 0 radical (unpaired) electrons. The molecule has 0 bridgehead atoms. The van der Waals surface area contributed by atoms with Gasteiger partial charge in [0.15, 0.2) is 0 Å². The van der Waals surface area contributed by atoms with Gasteiger partial charge in [-0.2, -0.15) is 0 Å². The Hall–Kier alpha value is -0.330. The molecule has 2 aliphatic rings. The lowest BCUT2D eigenvalue weighted by molar-refractivity contribution is -0.129. The van der Waals surface area contributed by atoms with Crippen molar-refractivity contribution in [3.05, 3.63) is 0 Å². The molecular formula is C18H32O. The van der Waals surface area contributed by atoms with Gasteiger partial charge < -0.3 is 0 Å². The zero-order valence-corrected chi connectivity index (χ0v) is 13.6. The summed E-state index contributed by atoms with van der Waals surface area (Å²) >= 11 is 0. The van der Waals surface area contributed by atoms with Crippen molar-refractivity contribution in [2.75, 3.05) is 0 Å². The van der Waals surface area contributed by atoms with Crippen molar-refractivity contribution in [2.45, 2.75) is 79.6 Å².